The molecule has 2 amide bonds. The number of halogens is 1. The summed E-state index contributed by atoms with van der Waals surface area (Å²) in [4.78, 5) is 38.2. The Morgan fingerprint density at radius 1 is 0.967 bits per heavy atom. The molecule has 1 heterocycles. The molecule has 0 saturated heterocycles. The van der Waals surface area contributed by atoms with Gasteiger partial charge in [0.15, 0.2) is 0 Å². The van der Waals surface area contributed by atoms with Gasteiger partial charge in [0.1, 0.15) is 5.00 Å². The van der Waals surface area contributed by atoms with E-state index in [0.717, 1.165) is 29.7 Å². The normalized spacial score (nSPS) is 20.4. The molecule has 0 radical (unpaired) electrons. The number of anilines is 2. The van der Waals surface area contributed by atoms with E-state index in [4.69, 9.17) is 16.7 Å². The molecule has 1 saturated carbocycles. The minimum atomic E-state index is -0.787. The van der Waals surface area contributed by atoms with Gasteiger partial charge in [-0.2, -0.15) is 0 Å². The van der Waals surface area contributed by atoms with E-state index < -0.39 is 5.97 Å². The largest absolute Gasteiger partial charge is 0.481 e. The second-order valence-electron chi connectivity index (χ2n) is 7.90. The van der Waals surface area contributed by atoms with Crippen molar-refractivity contribution in [3.63, 3.8) is 0 Å². The first-order chi connectivity index (χ1) is 14.4. The lowest BCUT2D eigenvalue weighted by Gasteiger charge is -2.25. The lowest BCUT2D eigenvalue weighted by Crippen LogP contribution is -2.30. The van der Waals surface area contributed by atoms with Crippen molar-refractivity contribution in [3.8, 4) is 0 Å². The number of carboxylic acid groups (broad SMARTS) is 1. The standard InChI is InChI=1S/C22H23ClN2O4S/c23-14-8-10-15(11-9-14)24-20(27)18-16-2-1-3-17(16)30-21(18)25-19(26)12-4-6-13(7-5-12)22(28)29/h8-13H,1-7H2,(H,24,27)(H,25,26)(H,28,29). The number of carbonyl (C=O) groups is 3. The van der Waals surface area contributed by atoms with Crippen LogP contribution in [-0.4, -0.2) is 22.9 Å². The highest BCUT2D eigenvalue weighted by Crippen LogP contribution is 2.40. The van der Waals surface area contributed by atoms with E-state index in [-0.39, 0.29) is 23.7 Å². The van der Waals surface area contributed by atoms with Crippen LogP contribution < -0.4 is 10.6 Å². The number of carboxylic acids is 1. The van der Waals surface area contributed by atoms with E-state index >= 15 is 0 Å². The number of amides is 2. The molecule has 8 heteroatoms. The summed E-state index contributed by atoms with van der Waals surface area (Å²) in [5.74, 6) is -1.73. The van der Waals surface area contributed by atoms with Gasteiger partial charge < -0.3 is 15.7 Å². The quantitative estimate of drug-likeness (QED) is 0.604. The molecular weight excluding hydrogens is 424 g/mol. The summed E-state index contributed by atoms with van der Waals surface area (Å²) in [5.41, 5.74) is 2.22. The van der Waals surface area contributed by atoms with Crippen molar-refractivity contribution in [1.29, 1.82) is 0 Å². The van der Waals surface area contributed by atoms with Crippen LogP contribution >= 0.6 is 22.9 Å². The second kappa shape index (κ2) is 8.78. The van der Waals surface area contributed by atoms with Crippen LogP contribution in [0.15, 0.2) is 24.3 Å². The minimum Gasteiger partial charge on any atom is -0.481 e. The SMILES string of the molecule is O=C(Nc1ccc(Cl)cc1)c1c(NC(=O)C2CCC(C(=O)O)CC2)sc2c1CCC2. The molecule has 158 valence electrons. The second-order valence-corrected chi connectivity index (χ2v) is 9.44. The Labute approximate surface area is 183 Å². The number of aliphatic carboxylic acids is 1. The van der Waals surface area contributed by atoms with Crippen LogP contribution in [0.4, 0.5) is 10.7 Å². The first-order valence-corrected chi connectivity index (χ1v) is 11.4. The Balaban J connectivity index is 1.50. The Kier molecular flexibility index (Phi) is 6.11. The van der Waals surface area contributed by atoms with E-state index in [0.29, 0.717) is 47.0 Å². The molecule has 1 aromatic carbocycles. The summed E-state index contributed by atoms with van der Waals surface area (Å²) in [6.45, 7) is 0. The molecule has 1 aromatic heterocycles. The Hall–Kier alpha value is -2.38. The smallest absolute Gasteiger partial charge is 0.306 e. The molecule has 4 rings (SSSR count). The van der Waals surface area contributed by atoms with Crippen molar-refractivity contribution < 1.29 is 19.5 Å². The Morgan fingerprint density at radius 2 is 1.63 bits per heavy atom. The summed E-state index contributed by atoms with van der Waals surface area (Å²) in [6, 6.07) is 6.91. The molecule has 2 aromatic rings. The minimum absolute atomic E-state index is 0.126. The highest BCUT2D eigenvalue weighted by molar-refractivity contribution is 7.17. The van der Waals surface area contributed by atoms with Gasteiger partial charge in [-0.3, -0.25) is 14.4 Å². The van der Waals surface area contributed by atoms with Crippen LogP contribution in [0.5, 0.6) is 0 Å². The fourth-order valence-electron chi connectivity index (χ4n) is 4.28. The summed E-state index contributed by atoms with van der Waals surface area (Å²) in [6.07, 6.45) is 4.89. The highest BCUT2D eigenvalue weighted by atomic mass is 35.5. The van der Waals surface area contributed by atoms with Gasteiger partial charge in [-0.25, -0.2) is 0 Å². The third-order valence-corrected chi connectivity index (χ3v) is 7.39. The maximum atomic E-state index is 13.1. The molecule has 30 heavy (non-hydrogen) atoms. The van der Waals surface area contributed by atoms with Crippen molar-refractivity contribution in [2.45, 2.75) is 44.9 Å². The van der Waals surface area contributed by atoms with Gasteiger partial charge >= 0.3 is 5.97 Å². The van der Waals surface area contributed by atoms with Crippen LogP contribution in [-0.2, 0) is 22.4 Å². The fraction of sp³-hybridized carbons (Fsp3) is 0.409. The Bertz CT molecular complexity index is 978. The molecule has 0 atom stereocenters. The molecule has 0 bridgehead atoms. The van der Waals surface area contributed by atoms with Gasteiger partial charge in [-0.05, 0) is 74.8 Å². The lowest BCUT2D eigenvalue weighted by molar-refractivity contribution is -0.143. The number of aryl methyl sites for hydroxylation is 1. The van der Waals surface area contributed by atoms with Crippen LogP contribution in [0, 0.1) is 11.8 Å². The molecule has 3 N–H and O–H groups in total. The summed E-state index contributed by atoms with van der Waals surface area (Å²) >= 11 is 7.40. The lowest BCUT2D eigenvalue weighted by atomic mass is 9.81. The number of nitrogens with one attached hydrogen (secondary N) is 2. The van der Waals surface area contributed by atoms with Gasteiger partial charge in [0.2, 0.25) is 5.91 Å². The van der Waals surface area contributed by atoms with Crippen LogP contribution in [0.3, 0.4) is 0 Å². The van der Waals surface area contributed by atoms with Crippen molar-refractivity contribution in [1.82, 2.24) is 0 Å². The molecular formula is C22H23ClN2O4S. The third kappa shape index (κ3) is 4.37. The molecule has 6 nitrogen and oxygen atoms in total. The van der Waals surface area contributed by atoms with E-state index in [2.05, 4.69) is 10.6 Å². The summed E-state index contributed by atoms with van der Waals surface area (Å²) in [7, 11) is 0. The molecule has 2 aliphatic rings. The number of hydrogen-bond donors (Lipinski definition) is 3. The highest BCUT2D eigenvalue weighted by Gasteiger charge is 2.32. The van der Waals surface area contributed by atoms with Gasteiger partial charge in [-0.1, -0.05) is 11.6 Å². The monoisotopic (exact) mass is 446 g/mol. The average Bonchev–Trinajstić information content (AvgIpc) is 3.30. The van der Waals surface area contributed by atoms with Crippen molar-refractivity contribution in [2.24, 2.45) is 11.8 Å². The summed E-state index contributed by atoms with van der Waals surface area (Å²) in [5, 5.41) is 16.2. The number of fused-ring (bicyclic) bond motifs is 1. The molecule has 2 aliphatic carbocycles. The average molecular weight is 447 g/mol. The van der Waals surface area contributed by atoms with Crippen LogP contribution in [0.25, 0.3) is 0 Å². The maximum absolute atomic E-state index is 13.1. The fourth-order valence-corrected chi connectivity index (χ4v) is 5.69. The number of carbonyl (C=O) groups excluding carboxylic acids is 2. The zero-order chi connectivity index (χ0) is 21.3. The van der Waals surface area contributed by atoms with E-state index in [1.807, 2.05) is 0 Å². The molecule has 1 fully saturated rings. The Morgan fingerprint density at radius 3 is 2.30 bits per heavy atom. The summed E-state index contributed by atoms with van der Waals surface area (Å²) < 4.78 is 0. The van der Waals surface area contributed by atoms with Gasteiger partial charge in [-0.15, -0.1) is 11.3 Å². The van der Waals surface area contributed by atoms with E-state index in [9.17, 15) is 14.4 Å². The van der Waals surface area contributed by atoms with Crippen LogP contribution in [0.2, 0.25) is 5.02 Å². The van der Waals surface area contributed by atoms with Gasteiger partial charge in [0.05, 0.1) is 11.5 Å². The number of rotatable bonds is 5. The van der Waals surface area contributed by atoms with Crippen molar-refractivity contribution in [3.05, 3.63) is 45.3 Å². The number of benzene rings is 1. The van der Waals surface area contributed by atoms with Crippen LogP contribution in [0.1, 0.15) is 52.9 Å². The van der Waals surface area contributed by atoms with Gasteiger partial charge in [0.25, 0.3) is 5.91 Å². The number of hydrogen-bond acceptors (Lipinski definition) is 4. The van der Waals surface area contributed by atoms with Crippen molar-refractivity contribution >= 4 is 51.4 Å². The topological polar surface area (TPSA) is 95.5 Å². The van der Waals surface area contributed by atoms with Gasteiger partial charge in [0, 0.05) is 21.5 Å². The van der Waals surface area contributed by atoms with Crippen molar-refractivity contribution in [2.75, 3.05) is 10.6 Å². The zero-order valence-electron chi connectivity index (χ0n) is 16.4. The first-order valence-electron chi connectivity index (χ1n) is 10.2. The van der Waals surface area contributed by atoms with E-state index in [1.165, 1.54) is 11.3 Å². The predicted octanol–water partition coefficient (Wildman–Crippen LogP) is 4.97. The predicted molar refractivity (Wildman–Crippen MR) is 117 cm³/mol. The molecule has 0 unspecified atom stereocenters. The van der Waals surface area contributed by atoms with E-state index in [1.54, 1.807) is 24.3 Å². The first kappa shape index (κ1) is 20.9. The molecule has 0 spiro atoms. The zero-order valence-corrected chi connectivity index (χ0v) is 17.9. The maximum Gasteiger partial charge on any atom is 0.306 e. The molecule has 0 aliphatic heterocycles. The number of thiophene rings is 1. The third-order valence-electron chi connectivity index (χ3n) is 5.93.